The van der Waals surface area contributed by atoms with Crippen molar-refractivity contribution in [3.8, 4) is 5.75 Å². The van der Waals surface area contributed by atoms with Gasteiger partial charge in [0.05, 0.1) is 10.9 Å². The average Bonchev–Trinajstić information content (AvgIpc) is 3.12. The summed E-state index contributed by atoms with van der Waals surface area (Å²) in [5.41, 5.74) is 0. The van der Waals surface area contributed by atoms with Crippen LogP contribution in [0.1, 0.15) is 31.2 Å². The Hall–Kier alpha value is -2.11. The summed E-state index contributed by atoms with van der Waals surface area (Å²) in [5.74, 6) is -0.676. The number of rotatable bonds is 9. The lowest BCUT2D eigenvalue weighted by molar-refractivity contribution is -0.274. The fourth-order valence-electron chi connectivity index (χ4n) is 2.48. The minimum Gasteiger partial charge on any atom is -0.406 e. The van der Waals surface area contributed by atoms with Crippen molar-refractivity contribution in [2.24, 2.45) is 5.92 Å². The van der Waals surface area contributed by atoms with Gasteiger partial charge in [-0.05, 0) is 41.6 Å². The van der Waals surface area contributed by atoms with Gasteiger partial charge >= 0.3 is 6.36 Å². The fraction of sp³-hybridized carbons (Fsp3) is 0.389. The molecule has 0 saturated carbocycles. The minimum atomic E-state index is -4.86. The van der Waals surface area contributed by atoms with Crippen molar-refractivity contribution in [1.29, 1.82) is 0 Å². The van der Waals surface area contributed by atoms with Crippen LogP contribution in [-0.2, 0) is 14.8 Å². The third kappa shape index (κ3) is 7.33. The molecule has 2 rings (SSSR count). The zero-order valence-electron chi connectivity index (χ0n) is 15.7. The molecule has 0 fully saturated rings. The molecule has 1 heterocycles. The van der Waals surface area contributed by atoms with E-state index in [2.05, 4.69) is 14.8 Å². The molecule has 160 valence electrons. The third-order valence-corrected chi connectivity index (χ3v) is 6.28. The van der Waals surface area contributed by atoms with Crippen LogP contribution >= 0.6 is 11.3 Å². The Morgan fingerprint density at radius 2 is 1.83 bits per heavy atom. The number of ether oxygens (including phenoxy) is 1. The van der Waals surface area contributed by atoms with Gasteiger partial charge in [0.2, 0.25) is 15.9 Å². The van der Waals surface area contributed by atoms with Crippen LogP contribution in [0.25, 0.3) is 0 Å². The number of hydrogen-bond donors (Lipinski definition) is 2. The summed E-state index contributed by atoms with van der Waals surface area (Å²) in [5, 5.41) is 4.80. The van der Waals surface area contributed by atoms with E-state index in [9.17, 15) is 26.4 Å². The maximum absolute atomic E-state index is 12.2. The second-order valence-electron chi connectivity index (χ2n) is 6.47. The molecule has 0 aliphatic carbocycles. The zero-order chi connectivity index (χ0) is 21.7. The van der Waals surface area contributed by atoms with Crippen LogP contribution in [0.5, 0.6) is 5.75 Å². The Bertz CT molecular complexity index is 896. The molecule has 2 N–H and O–H groups in total. The summed E-state index contributed by atoms with van der Waals surface area (Å²) >= 11 is 1.52. The summed E-state index contributed by atoms with van der Waals surface area (Å²) in [4.78, 5) is 13.0. The highest BCUT2D eigenvalue weighted by atomic mass is 32.2. The predicted molar refractivity (Wildman–Crippen MR) is 103 cm³/mol. The van der Waals surface area contributed by atoms with Crippen LogP contribution in [0.15, 0.2) is 46.7 Å². The number of nitrogens with one attached hydrogen (secondary N) is 2. The molecule has 0 aliphatic rings. The lowest BCUT2D eigenvalue weighted by Crippen LogP contribution is -2.34. The molecule has 0 saturated heterocycles. The van der Waals surface area contributed by atoms with E-state index >= 15 is 0 Å². The zero-order valence-corrected chi connectivity index (χ0v) is 17.3. The number of alkyl halides is 3. The Morgan fingerprint density at radius 3 is 2.34 bits per heavy atom. The lowest BCUT2D eigenvalue weighted by Gasteiger charge is -2.21. The first kappa shape index (κ1) is 23.2. The molecular formula is C18H21F3N2O4S2. The molecule has 0 aliphatic heterocycles. The molecule has 1 aromatic carbocycles. The monoisotopic (exact) mass is 450 g/mol. The van der Waals surface area contributed by atoms with E-state index in [0.717, 1.165) is 29.1 Å². The molecule has 0 unspecified atom stereocenters. The first-order valence-electron chi connectivity index (χ1n) is 8.66. The van der Waals surface area contributed by atoms with Gasteiger partial charge in [0.15, 0.2) is 0 Å². The topological polar surface area (TPSA) is 84.5 Å². The van der Waals surface area contributed by atoms with E-state index < -0.39 is 22.1 Å². The van der Waals surface area contributed by atoms with Crippen molar-refractivity contribution < 1.29 is 31.1 Å². The molecule has 6 nitrogen and oxygen atoms in total. The average molecular weight is 451 g/mol. The van der Waals surface area contributed by atoms with Crippen molar-refractivity contribution >= 4 is 27.3 Å². The van der Waals surface area contributed by atoms with Crippen LogP contribution in [0, 0.1) is 5.92 Å². The van der Waals surface area contributed by atoms with Crippen LogP contribution in [0.2, 0.25) is 0 Å². The molecular weight excluding hydrogens is 429 g/mol. The van der Waals surface area contributed by atoms with E-state index in [0.29, 0.717) is 0 Å². The maximum Gasteiger partial charge on any atom is 0.573 e. The van der Waals surface area contributed by atoms with E-state index in [1.54, 1.807) is 0 Å². The Kier molecular flexibility index (Phi) is 7.66. The molecule has 11 heteroatoms. The predicted octanol–water partition coefficient (Wildman–Crippen LogP) is 3.83. The largest absolute Gasteiger partial charge is 0.573 e. The normalized spacial score (nSPS) is 13.3. The van der Waals surface area contributed by atoms with E-state index in [4.69, 9.17) is 0 Å². The quantitative estimate of drug-likeness (QED) is 0.608. The first-order valence-corrected chi connectivity index (χ1v) is 11.0. The molecule has 1 atom stereocenters. The summed E-state index contributed by atoms with van der Waals surface area (Å²) < 4.78 is 66.9. The molecule has 2 aromatic rings. The van der Waals surface area contributed by atoms with Gasteiger partial charge in [0.1, 0.15) is 5.75 Å². The van der Waals surface area contributed by atoms with E-state index in [-0.39, 0.29) is 35.7 Å². The van der Waals surface area contributed by atoms with Crippen molar-refractivity contribution in [3.63, 3.8) is 0 Å². The van der Waals surface area contributed by atoms with Gasteiger partial charge in [-0.2, -0.15) is 0 Å². The summed E-state index contributed by atoms with van der Waals surface area (Å²) in [6.07, 6.45) is -4.94. The van der Waals surface area contributed by atoms with Crippen molar-refractivity contribution in [1.82, 2.24) is 10.0 Å². The fourth-order valence-corrected chi connectivity index (χ4v) is 4.46. The number of halogens is 3. The number of carbonyl (C=O) groups is 1. The first-order chi connectivity index (χ1) is 13.5. The Morgan fingerprint density at radius 1 is 1.17 bits per heavy atom. The maximum atomic E-state index is 12.2. The number of thiophene rings is 1. The standard InChI is InChI=1S/C18H21F3N2O4S2/c1-12(2)17(15-4-3-11-28-15)23-16(24)9-10-22-29(25,26)14-7-5-13(6-8-14)27-18(19,20)21/h3-8,11-12,17,22H,9-10H2,1-2H3,(H,23,24)/t17-/m0/s1. The number of sulfonamides is 1. The van der Waals surface area contributed by atoms with Crippen molar-refractivity contribution in [3.05, 3.63) is 46.7 Å². The molecule has 1 amide bonds. The van der Waals surface area contributed by atoms with Crippen molar-refractivity contribution in [2.75, 3.05) is 6.54 Å². The highest BCUT2D eigenvalue weighted by Crippen LogP contribution is 2.26. The van der Waals surface area contributed by atoms with Crippen LogP contribution in [0.4, 0.5) is 13.2 Å². The summed E-state index contributed by atoms with van der Waals surface area (Å²) in [6, 6.07) is 7.45. The Labute approximate surface area is 171 Å². The highest BCUT2D eigenvalue weighted by molar-refractivity contribution is 7.89. The molecule has 0 spiro atoms. The van der Waals surface area contributed by atoms with Gasteiger partial charge in [-0.3, -0.25) is 4.79 Å². The van der Waals surface area contributed by atoms with Gasteiger partial charge in [0.25, 0.3) is 0 Å². The lowest BCUT2D eigenvalue weighted by atomic mass is 10.0. The van der Waals surface area contributed by atoms with Crippen LogP contribution < -0.4 is 14.8 Å². The van der Waals surface area contributed by atoms with E-state index in [1.807, 2.05) is 31.4 Å². The molecule has 1 aromatic heterocycles. The third-order valence-electron chi connectivity index (χ3n) is 3.84. The van der Waals surface area contributed by atoms with Crippen LogP contribution in [-0.4, -0.2) is 27.2 Å². The summed E-state index contributed by atoms with van der Waals surface area (Å²) in [7, 11) is -3.97. The molecule has 0 bridgehead atoms. The second-order valence-corrected chi connectivity index (χ2v) is 9.22. The van der Waals surface area contributed by atoms with Crippen molar-refractivity contribution in [2.45, 2.75) is 37.6 Å². The van der Waals surface area contributed by atoms with Crippen LogP contribution in [0.3, 0.4) is 0 Å². The second kappa shape index (κ2) is 9.59. The number of benzene rings is 1. The smallest absolute Gasteiger partial charge is 0.406 e. The molecule has 0 radical (unpaired) electrons. The van der Waals surface area contributed by atoms with Gasteiger partial charge in [0, 0.05) is 17.8 Å². The number of carbonyl (C=O) groups excluding carboxylic acids is 1. The van der Waals surface area contributed by atoms with Gasteiger partial charge < -0.3 is 10.1 Å². The Balaban J connectivity index is 1.89. The van der Waals surface area contributed by atoms with E-state index in [1.165, 1.54) is 11.3 Å². The van der Waals surface area contributed by atoms with Gasteiger partial charge in [-0.25, -0.2) is 13.1 Å². The minimum absolute atomic E-state index is 0.0803. The SMILES string of the molecule is CC(C)[C@H](NC(=O)CCNS(=O)(=O)c1ccc(OC(F)(F)F)cc1)c1cccs1. The van der Waals surface area contributed by atoms with Gasteiger partial charge in [-0.1, -0.05) is 19.9 Å². The number of amides is 1. The highest BCUT2D eigenvalue weighted by Gasteiger charge is 2.31. The summed E-state index contributed by atoms with van der Waals surface area (Å²) in [6.45, 7) is 3.79. The van der Waals surface area contributed by atoms with Gasteiger partial charge in [-0.15, -0.1) is 24.5 Å². The number of hydrogen-bond acceptors (Lipinski definition) is 5. The molecule has 29 heavy (non-hydrogen) atoms.